The number of benzene rings is 1. The summed E-state index contributed by atoms with van der Waals surface area (Å²) in [4.78, 5) is 7.65. The van der Waals surface area contributed by atoms with Gasteiger partial charge in [0.2, 0.25) is 0 Å². The van der Waals surface area contributed by atoms with Crippen LogP contribution in [0.25, 0.3) is 0 Å². The van der Waals surface area contributed by atoms with E-state index >= 15 is 0 Å². The van der Waals surface area contributed by atoms with Crippen molar-refractivity contribution in [2.24, 2.45) is 4.99 Å². The Hall–Kier alpha value is -1.88. The van der Waals surface area contributed by atoms with Gasteiger partial charge in [0.1, 0.15) is 5.82 Å². The quantitative estimate of drug-likeness (QED) is 0.672. The standard InChI is InChI=1S/C17H22FN3S/c1-13(16-8-5-9-22-16)11-20-17(19-2)21(3)12-14-6-4-7-15(18)10-14/h4-10,13H,11-12H2,1-3H3,(H,19,20). The summed E-state index contributed by atoms with van der Waals surface area (Å²) in [7, 11) is 3.72. The van der Waals surface area contributed by atoms with Crippen molar-refractivity contribution in [3.05, 3.63) is 58.0 Å². The first kappa shape index (κ1) is 16.5. The highest BCUT2D eigenvalue weighted by atomic mass is 32.1. The molecule has 1 aromatic heterocycles. The second-order valence-electron chi connectivity index (χ2n) is 5.33. The summed E-state index contributed by atoms with van der Waals surface area (Å²) >= 11 is 1.77. The minimum Gasteiger partial charge on any atom is -0.356 e. The molecular weight excluding hydrogens is 297 g/mol. The molecule has 0 bridgehead atoms. The molecule has 22 heavy (non-hydrogen) atoms. The molecule has 0 radical (unpaired) electrons. The minimum atomic E-state index is -0.208. The molecule has 2 rings (SSSR count). The van der Waals surface area contributed by atoms with Gasteiger partial charge in [0.25, 0.3) is 0 Å². The van der Waals surface area contributed by atoms with Crippen LogP contribution in [0.15, 0.2) is 46.8 Å². The number of nitrogens with one attached hydrogen (secondary N) is 1. The van der Waals surface area contributed by atoms with E-state index < -0.39 is 0 Å². The summed E-state index contributed by atoms with van der Waals surface area (Å²) in [6.45, 7) is 3.63. The van der Waals surface area contributed by atoms with E-state index in [0.29, 0.717) is 12.5 Å². The lowest BCUT2D eigenvalue weighted by molar-refractivity contribution is 0.472. The molecule has 5 heteroatoms. The van der Waals surface area contributed by atoms with Crippen LogP contribution < -0.4 is 5.32 Å². The average Bonchev–Trinajstić information content (AvgIpc) is 3.02. The molecule has 0 saturated carbocycles. The number of halogens is 1. The predicted octanol–water partition coefficient (Wildman–Crippen LogP) is 3.70. The highest BCUT2D eigenvalue weighted by Crippen LogP contribution is 2.19. The van der Waals surface area contributed by atoms with Gasteiger partial charge in [-0.05, 0) is 29.1 Å². The van der Waals surface area contributed by atoms with E-state index in [2.05, 4.69) is 34.7 Å². The lowest BCUT2D eigenvalue weighted by atomic mass is 10.1. The van der Waals surface area contributed by atoms with E-state index in [0.717, 1.165) is 18.1 Å². The molecule has 3 nitrogen and oxygen atoms in total. The minimum absolute atomic E-state index is 0.208. The molecule has 1 heterocycles. The van der Waals surface area contributed by atoms with Crippen molar-refractivity contribution in [2.75, 3.05) is 20.6 Å². The Labute approximate surface area is 135 Å². The first-order valence-corrected chi connectivity index (χ1v) is 8.17. The molecule has 0 spiro atoms. The van der Waals surface area contributed by atoms with Crippen LogP contribution in [0.5, 0.6) is 0 Å². The van der Waals surface area contributed by atoms with Crippen LogP contribution in [0, 0.1) is 5.82 Å². The Morgan fingerprint density at radius 2 is 2.18 bits per heavy atom. The molecule has 0 fully saturated rings. The number of nitrogens with zero attached hydrogens (tertiary/aromatic N) is 2. The number of hydrogen-bond acceptors (Lipinski definition) is 2. The normalized spacial score (nSPS) is 13.0. The van der Waals surface area contributed by atoms with E-state index in [9.17, 15) is 4.39 Å². The summed E-state index contributed by atoms with van der Waals surface area (Å²) in [5.41, 5.74) is 0.928. The molecule has 1 N–H and O–H groups in total. The smallest absolute Gasteiger partial charge is 0.193 e. The van der Waals surface area contributed by atoms with Gasteiger partial charge in [-0.15, -0.1) is 11.3 Å². The summed E-state index contributed by atoms with van der Waals surface area (Å²) in [5, 5.41) is 5.47. The third kappa shape index (κ3) is 4.56. The molecule has 0 aliphatic heterocycles. The van der Waals surface area contributed by atoms with Gasteiger partial charge in [0.05, 0.1) is 0 Å². The first-order chi connectivity index (χ1) is 10.6. The van der Waals surface area contributed by atoms with Crippen molar-refractivity contribution in [1.29, 1.82) is 0 Å². The molecule has 2 aromatic rings. The zero-order chi connectivity index (χ0) is 15.9. The van der Waals surface area contributed by atoms with E-state index in [4.69, 9.17) is 0 Å². The van der Waals surface area contributed by atoms with E-state index in [1.165, 1.54) is 10.9 Å². The predicted molar refractivity (Wildman–Crippen MR) is 92.0 cm³/mol. The largest absolute Gasteiger partial charge is 0.356 e. The molecule has 0 saturated heterocycles. The van der Waals surface area contributed by atoms with Crippen LogP contribution >= 0.6 is 11.3 Å². The second kappa shape index (κ2) is 7.94. The third-order valence-corrected chi connectivity index (χ3v) is 4.58. The molecular formula is C17H22FN3S. The van der Waals surface area contributed by atoms with E-state index in [1.807, 2.05) is 18.0 Å². The molecule has 1 unspecified atom stereocenters. The SMILES string of the molecule is CN=C(NCC(C)c1cccs1)N(C)Cc1cccc(F)c1. The van der Waals surface area contributed by atoms with Crippen LogP contribution in [0.4, 0.5) is 4.39 Å². The van der Waals surface area contributed by atoms with Crippen molar-refractivity contribution in [3.63, 3.8) is 0 Å². The van der Waals surface area contributed by atoms with E-state index in [1.54, 1.807) is 30.5 Å². The van der Waals surface area contributed by atoms with Crippen molar-refractivity contribution in [1.82, 2.24) is 10.2 Å². The van der Waals surface area contributed by atoms with Crippen LogP contribution in [0.2, 0.25) is 0 Å². The molecule has 1 atom stereocenters. The Morgan fingerprint density at radius 1 is 1.36 bits per heavy atom. The molecule has 1 aromatic carbocycles. The van der Waals surface area contributed by atoms with Crippen LogP contribution in [0.1, 0.15) is 23.3 Å². The van der Waals surface area contributed by atoms with Gasteiger partial charge in [-0.2, -0.15) is 0 Å². The van der Waals surface area contributed by atoms with Gasteiger partial charge < -0.3 is 10.2 Å². The summed E-state index contributed by atoms with van der Waals surface area (Å²) in [5.74, 6) is 1.03. The van der Waals surface area contributed by atoms with Gasteiger partial charge in [0, 0.05) is 38.0 Å². The van der Waals surface area contributed by atoms with Gasteiger partial charge in [0.15, 0.2) is 5.96 Å². The fourth-order valence-electron chi connectivity index (χ4n) is 2.29. The number of hydrogen-bond donors (Lipinski definition) is 1. The van der Waals surface area contributed by atoms with Crippen LogP contribution in [0.3, 0.4) is 0 Å². The zero-order valence-corrected chi connectivity index (χ0v) is 14.0. The Morgan fingerprint density at radius 3 is 2.82 bits per heavy atom. The van der Waals surface area contributed by atoms with Gasteiger partial charge >= 0.3 is 0 Å². The summed E-state index contributed by atoms with van der Waals surface area (Å²) in [6, 6.07) is 10.9. The number of guanidine groups is 1. The Kier molecular flexibility index (Phi) is 5.95. The van der Waals surface area contributed by atoms with Crippen molar-refractivity contribution in [2.45, 2.75) is 19.4 Å². The number of rotatable bonds is 5. The highest BCUT2D eigenvalue weighted by Gasteiger charge is 2.10. The number of aliphatic imine (C=N–C) groups is 1. The maximum absolute atomic E-state index is 13.2. The van der Waals surface area contributed by atoms with Crippen LogP contribution in [-0.2, 0) is 6.54 Å². The first-order valence-electron chi connectivity index (χ1n) is 7.29. The highest BCUT2D eigenvalue weighted by molar-refractivity contribution is 7.10. The summed E-state index contributed by atoms with van der Waals surface area (Å²) < 4.78 is 13.2. The van der Waals surface area contributed by atoms with Gasteiger partial charge in [-0.1, -0.05) is 25.1 Å². The molecule has 118 valence electrons. The lowest BCUT2D eigenvalue weighted by Crippen LogP contribution is -2.39. The molecule has 0 aliphatic rings. The topological polar surface area (TPSA) is 27.6 Å². The second-order valence-corrected chi connectivity index (χ2v) is 6.31. The maximum Gasteiger partial charge on any atom is 0.193 e. The zero-order valence-electron chi connectivity index (χ0n) is 13.2. The van der Waals surface area contributed by atoms with Crippen molar-refractivity contribution in [3.8, 4) is 0 Å². The van der Waals surface area contributed by atoms with E-state index in [-0.39, 0.29) is 5.82 Å². The molecule has 0 aliphatic carbocycles. The Bertz CT molecular complexity index is 610. The summed E-state index contributed by atoms with van der Waals surface area (Å²) in [6.07, 6.45) is 0. The van der Waals surface area contributed by atoms with Gasteiger partial charge in [-0.25, -0.2) is 4.39 Å². The lowest BCUT2D eigenvalue weighted by Gasteiger charge is -2.23. The fourth-order valence-corrected chi connectivity index (χ4v) is 3.07. The fraction of sp³-hybridized carbons (Fsp3) is 0.353. The third-order valence-electron chi connectivity index (χ3n) is 3.48. The van der Waals surface area contributed by atoms with Crippen molar-refractivity contribution < 1.29 is 4.39 Å². The average molecular weight is 319 g/mol. The van der Waals surface area contributed by atoms with Crippen molar-refractivity contribution >= 4 is 17.3 Å². The van der Waals surface area contributed by atoms with Gasteiger partial charge in [-0.3, -0.25) is 4.99 Å². The maximum atomic E-state index is 13.2. The van der Waals surface area contributed by atoms with Crippen LogP contribution in [-0.4, -0.2) is 31.5 Å². The monoisotopic (exact) mass is 319 g/mol. The Balaban J connectivity index is 1.91. The number of thiophene rings is 1. The molecule has 0 amide bonds.